The van der Waals surface area contributed by atoms with Crippen molar-refractivity contribution < 1.29 is 9.90 Å². The molecule has 1 aliphatic rings. The first kappa shape index (κ1) is 11.5. The summed E-state index contributed by atoms with van der Waals surface area (Å²) in [7, 11) is 0. The number of aliphatic hydroxyl groups excluding tert-OH is 1. The lowest BCUT2D eigenvalue weighted by atomic mass is 9.85. The fraction of sp³-hybridized carbons (Fsp3) is 0.900. The summed E-state index contributed by atoms with van der Waals surface area (Å²) in [5.41, 5.74) is 5.80. The zero-order chi connectivity index (χ0) is 10.4. The second-order valence-electron chi connectivity index (χ2n) is 3.99. The van der Waals surface area contributed by atoms with Gasteiger partial charge >= 0.3 is 0 Å². The molecule has 0 spiro atoms. The van der Waals surface area contributed by atoms with Crippen LogP contribution in [0.4, 0.5) is 0 Å². The Bertz CT molecular complexity index is 185. The molecule has 1 amide bonds. The van der Waals surface area contributed by atoms with Crippen LogP contribution in [0.25, 0.3) is 0 Å². The third kappa shape index (κ3) is 3.64. The second kappa shape index (κ2) is 5.98. The molecule has 0 bridgehead atoms. The van der Waals surface area contributed by atoms with E-state index in [-0.39, 0.29) is 24.5 Å². The highest BCUT2D eigenvalue weighted by Crippen LogP contribution is 2.22. The number of aliphatic hydroxyl groups is 1. The topological polar surface area (TPSA) is 75.4 Å². The first-order valence-electron chi connectivity index (χ1n) is 5.38. The molecule has 82 valence electrons. The summed E-state index contributed by atoms with van der Waals surface area (Å²) >= 11 is 0. The van der Waals surface area contributed by atoms with Crippen molar-refractivity contribution >= 4 is 5.91 Å². The Morgan fingerprint density at radius 3 is 2.93 bits per heavy atom. The molecule has 2 unspecified atom stereocenters. The number of hydrogen-bond acceptors (Lipinski definition) is 3. The van der Waals surface area contributed by atoms with Crippen molar-refractivity contribution in [2.75, 3.05) is 13.2 Å². The van der Waals surface area contributed by atoms with Crippen LogP contribution in [0, 0.1) is 5.92 Å². The normalized spacial score (nSPS) is 27.3. The smallest absolute Gasteiger partial charge is 0.223 e. The van der Waals surface area contributed by atoms with Gasteiger partial charge in [-0.15, -0.1) is 0 Å². The molecule has 0 aromatic rings. The van der Waals surface area contributed by atoms with Crippen LogP contribution >= 0.6 is 0 Å². The number of amides is 1. The third-order valence-electron chi connectivity index (χ3n) is 2.72. The van der Waals surface area contributed by atoms with E-state index < -0.39 is 0 Å². The van der Waals surface area contributed by atoms with E-state index in [4.69, 9.17) is 10.8 Å². The first-order chi connectivity index (χ1) is 6.74. The van der Waals surface area contributed by atoms with E-state index in [0.717, 1.165) is 25.7 Å². The van der Waals surface area contributed by atoms with Crippen LogP contribution in [0.5, 0.6) is 0 Å². The van der Waals surface area contributed by atoms with Crippen molar-refractivity contribution in [2.45, 2.75) is 38.1 Å². The van der Waals surface area contributed by atoms with E-state index in [9.17, 15) is 4.79 Å². The van der Waals surface area contributed by atoms with Crippen molar-refractivity contribution in [1.82, 2.24) is 5.32 Å². The van der Waals surface area contributed by atoms with Gasteiger partial charge in [0, 0.05) is 25.1 Å². The molecule has 0 saturated heterocycles. The molecule has 2 atom stereocenters. The molecule has 0 aromatic heterocycles. The van der Waals surface area contributed by atoms with Crippen LogP contribution in [0.15, 0.2) is 0 Å². The van der Waals surface area contributed by atoms with Gasteiger partial charge in [0.2, 0.25) is 5.91 Å². The van der Waals surface area contributed by atoms with E-state index in [0.29, 0.717) is 13.0 Å². The lowest BCUT2D eigenvalue weighted by molar-refractivity contribution is -0.126. The van der Waals surface area contributed by atoms with Crippen molar-refractivity contribution in [1.29, 1.82) is 0 Å². The highest BCUT2D eigenvalue weighted by molar-refractivity contribution is 5.78. The molecule has 1 fully saturated rings. The molecular formula is C10H20N2O2. The molecule has 0 aliphatic heterocycles. The van der Waals surface area contributed by atoms with E-state index in [1.165, 1.54) is 0 Å². The Kier molecular flexibility index (Phi) is 4.90. The van der Waals surface area contributed by atoms with Crippen LogP contribution in [0.3, 0.4) is 0 Å². The number of nitrogens with one attached hydrogen (secondary N) is 1. The van der Waals surface area contributed by atoms with Crippen LogP contribution in [0.1, 0.15) is 32.1 Å². The van der Waals surface area contributed by atoms with Gasteiger partial charge in [0.25, 0.3) is 0 Å². The standard InChI is InChI=1S/C10H20N2O2/c11-9-4-1-3-8(7-9)10(14)12-5-2-6-13/h8-9,13H,1-7,11H2,(H,12,14). The lowest BCUT2D eigenvalue weighted by Gasteiger charge is -2.25. The van der Waals surface area contributed by atoms with Gasteiger partial charge in [0.15, 0.2) is 0 Å². The monoisotopic (exact) mass is 200 g/mol. The maximum absolute atomic E-state index is 11.6. The molecule has 0 heterocycles. The number of carbonyl (C=O) groups is 1. The summed E-state index contributed by atoms with van der Waals surface area (Å²) in [4.78, 5) is 11.6. The second-order valence-corrected chi connectivity index (χ2v) is 3.99. The fourth-order valence-corrected chi connectivity index (χ4v) is 1.90. The van der Waals surface area contributed by atoms with Gasteiger partial charge < -0.3 is 16.2 Å². The Balaban J connectivity index is 2.22. The summed E-state index contributed by atoms with van der Waals surface area (Å²) < 4.78 is 0. The molecule has 4 nitrogen and oxygen atoms in total. The molecule has 1 saturated carbocycles. The van der Waals surface area contributed by atoms with Crippen molar-refractivity contribution in [3.05, 3.63) is 0 Å². The zero-order valence-electron chi connectivity index (χ0n) is 8.54. The Morgan fingerprint density at radius 2 is 2.29 bits per heavy atom. The average molecular weight is 200 g/mol. The van der Waals surface area contributed by atoms with Crippen molar-refractivity contribution in [2.24, 2.45) is 11.7 Å². The summed E-state index contributed by atoms with van der Waals surface area (Å²) in [6.07, 6.45) is 4.49. The van der Waals surface area contributed by atoms with Gasteiger partial charge in [0.1, 0.15) is 0 Å². The van der Waals surface area contributed by atoms with Gasteiger partial charge in [-0.05, 0) is 25.7 Å². The molecular weight excluding hydrogens is 180 g/mol. The van der Waals surface area contributed by atoms with Gasteiger partial charge in [-0.25, -0.2) is 0 Å². The van der Waals surface area contributed by atoms with E-state index in [2.05, 4.69) is 5.32 Å². The largest absolute Gasteiger partial charge is 0.396 e. The number of hydrogen-bond donors (Lipinski definition) is 3. The van der Waals surface area contributed by atoms with Crippen LogP contribution in [-0.2, 0) is 4.79 Å². The minimum Gasteiger partial charge on any atom is -0.396 e. The summed E-state index contributed by atoms with van der Waals surface area (Å²) in [6, 6.07) is 0.192. The molecule has 0 radical (unpaired) electrons. The Morgan fingerprint density at radius 1 is 1.50 bits per heavy atom. The SMILES string of the molecule is NC1CCCC(C(=O)NCCCO)C1. The highest BCUT2D eigenvalue weighted by Gasteiger charge is 2.24. The Hall–Kier alpha value is -0.610. The van der Waals surface area contributed by atoms with Crippen molar-refractivity contribution in [3.63, 3.8) is 0 Å². The average Bonchev–Trinajstić information content (AvgIpc) is 2.18. The summed E-state index contributed by atoms with van der Waals surface area (Å²) in [5, 5.41) is 11.4. The zero-order valence-corrected chi connectivity index (χ0v) is 8.54. The fourth-order valence-electron chi connectivity index (χ4n) is 1.90. The molecule has 14 heavy (non-hydrogen) atoms. The molecule has 4 heteroatoms. The van der Waals surface area contributed by atoms with Gasteiger partial charge in [-0.1, -0.05) is 6.42 Å². The van der Waals surface area contributed by atoms with Crippen LogP contribution in [-0.4, -0.2) is 30.2 Å². The van der Waals surface area contributed by atoms with Crippen LogP contribution < -0.4 is 11.1 Å². The van der Waals surface area contributed by atoms with E-state index in [1.807, 2.05) is 0 Å². The van der Waals surface area contributed by atoms with Crippen molar-refractivity contribution in [3.8, 4) is 0 Å². The maximum Gasteiger partial charge on any atom is 0.223 e. The van der Waals surface area contributed by atoms with Gasteiger partial charge in [0.05, 0.1) is 0 Å². The van der Waals surface area contributed by atoms with E-state index in [1.54, 1.807) is 0 Å². The van der Waals surface area contributed by atoms with Gasteiger partial charge in [-0.2, -0.15) is 0 Å². The first-order valence-corrected chi connectivity index (χ1v) is 5.38. The van der Waals surface area contributed by atoms with E-state index >= 15 is 0 Å². The summed E-state index contributed by atoms with van der Waals surface area (Å²) in [6.45, 7) is 0.700. The number of nitrogens with two attached hydrogens (primary N) is 1. The molecule has 1 aliphatic carbocycles. The number of rotatable bonds is 4. The Labute approximate surface area is 84.9 Å². The number of carbonyl (C=O) groups excluding carboxylic acids is 1. The highest BCUT2D eigenvalue weighted by atomic mass is 16.3. The predicted octanol–water partition coefficient (Wildman–Crippen LogP) is 0.00250. The molecule has 0 aromatic carbocycles. The lowest BCUT2D eigenvalue weighted by Crippen LogP contribution is -2.38. The minimum absolute atomic E-state index is 0.0949. The molecule has 4 N–H and O–H groups in total. The quantitative estimate of drug-likeness (QED) is 0.559. The van der Waals surface area contributed by atoms with Gasteiger partial charge in [-0.3, -0.25) is 4.79 Å². The third-order valence-corrected chi connectivity index (χ3v) is 2.72. The minimum atomic E-state index is 0.0949. The maximum atomic E-state index is 11.6. The predicted molar refractivity (Wildman–Crippen MR) is 54.6 cm³/mol. The summed E-state index contributed by atoms with van der Waals surface area (Å²) in [5.74, 6) is 0.200. The van der Waals surface area contributed by atoms with Crippen LogP contribution in [0.2, 0.25) is 0 Å². The molecule has 1 rings (SSSR count).